The van der Waals surface area contributed by atoms with Gasteiger partial charge in [0.1, 0.15) is 17.3 Å². The quantitative estimate of drug-likeness (QED) is 0.640. The number of aromatic nitrogens is 3. The van der Waals surface area contributed by atoms with E-state index in [1.807, 2.05) is 0 Å². The second-order valence-corrected chi connectivity index (χ2v) is 6.64. The lowest BCUT2D eigenvalue weighted by Crippen LogP contribution is -2.40. The molecule has 1 aliphatic rings. The van der Waals surface area contributed by atoms with Crippen LogP contribution in [0.1, 0.15) is 26.4 Å². The average Bonchev–Trinajstić information content (AvgIpc) is 3.18. The second-order valence-electron chi connectivity index (χ2n) is 6.64. The van der Waals surface area contributed by atoms with Crippen molar-refractivity contribution in [3.8, 4) is 0 Å². The lowest BCUT2D eigenvalue weighted by molar-refractivity contribution is -0.137. The summed E-state index contributed by atoms with van der Waals surface area (Å²) in [4.78, 5) is 30.7. The molecule has 158 valence electrons. The van der Waals surface area contributed by atoms with Gasteiger partial charge in [0, 0.05) is 5.69 Å². The number of pyridine rings is 1. The number of benzene rings is 1. The van der Waals surface area contributed by atoms with Crippen LogP contribution in [0.3, 0.4) is 0 Å². The Morgan fingerprint density at radius 3 is 2.42 bits per heavy atom. The van der Waals surface area contributed by atoms with E-state index < -0.39 is 29.4 Å². The van der Waals surface area contributed by atoms with E-state index in [0.29, 0.717) is 5.70 Å². The summed E-state index contributed by atoms with van der Waals surface area (Å²) in [5.41, 5.74) is -0.493. The van der Waals surface area contributed by atoms with Crippen molar-refractivity contribution in [2.24, 2.45) is 0 Å². The molecule has 0 unspecified atom stereocenters. The van der Waals surface area contributed by atoms with Crippen LogP contribution in [0.2, 0.25) is 0 Å². The number of alkyl halides is 3. The van der Waals surface area contributed by atoms with Crippen molar-refractivity contribution in [3.05, 3.63) is 78.0 Å². The van der Waals surface area contributed by atoms with Gasteiger partial charge in [0.2, 0.25) is 0 Å². The largest absolute Gasteiger partial charge is 0.416 e. The van der Waals surface area contributed by atoms with Crippen LogP contribution in [-0.4, -0.2) is 33.1 Å². The highest BCUT2D eigenvalue weighted by Gasteiger charge is 2.35. The Hall–Kier alpha value is -4.02. The molecular formula is C20H13F4N5O2. The van der Waals surface area contributed by atoms with E-state index >= 15 is 0 Å². The molecule has 11 heteroatoms. The van der Waals surface area contributed by atoms with Crippen LogP contribution in [0.4, 0.5) is 29.1 Å². The lowest BCUT2D eigenvalue weighted by Gasteiger charge is -2.29. The summed E-state index contributed by atoms with van der Waals surface area (Å²) in [7, 11) is 0. The Bertz CT molecular complexity index is 1180. The summed E-state index contributed by atoms with van der Waals surface area (Å²) >= 11 is 0. The lowest BCUT2D eigenvalue weighted by atomic mass is 10.1. The molecule has 0 saturated carbocycles. The van der Waals surface area contributed by atoms with Gasteiger partial charge in [0.15, 0.2) is 0 Å². The SMILES string of the molecule is C=C1CN(c2ccc(C(F)(F)F)cc2)C(=O)c2c(C(=O)Nc3ccc(F)cn3)cnn21. The molecule has 2 aromatic heterocycles. The highest BCUT2D eigenvalue weighted by molar-refractivity contribution is 6.16. The number of carbonyl (C=O) groups excluding carboxylic acids is 2. The minimum absolute atomic E-state index is 0.0283. The van der Waals surface area contributed by atoms with Gasteiger partial charge >= 0.3 is 6.18 Å². The summed E-state index contributed by atoms with van der Waals surface area (Å²) in [6.07, 6.45) is -2.41. The van der Waals surface area contributed by atoms with E-state index in [1.54, 1.807) is 0 Å². The minimum atomic E-state index is -4.51. The third-order valence-corrected chi connectivity index (χ3v) is 4.58. The summed E-state index contributed by atoms with van der Waals surface area (Å²) in [6.45, 7) is 3.80. The Kier molecular flexibility index (Phi) is 4.80. The van der Waals surface area contributed by atoms with Crippen LogP contribution in [0.15, 0.2) is 55.4 Å². The molecule has 0 aliphatic carbocycles. The fraction of sp³-hybridized carbons (Fsp3) is 0.100. The standard InChI is InChI=1S/C20H13F4N5O2/c1-11-10-28(14-5-2-12(3-6-14)20(22,23)24)19(31)17-15(9-26-29(11)17)18(30)27-16-7-4-13(21)8-25-16/h2-9H,1,10H2,(H,25,27,30). The van der Waals surface area contributed by atoms with Gasteiger partial charge in [-0.25, -0.2) is 14.1 Å². The topological polar surface area (TPSA) is 80.1 Å². The van der Waals surface area contributed by atoms with Crippen molar-refractivity contribution < 1.29 is 27.2 Å². The maximum absolute atomic E-state index is 13.1. The van der Waals surface area contributed by atoms with Crippen molar-refractivity contribution in [3.63, 3.8) is 0 Å². The normalized spacial score (nSPS) is 13.9. The van der Waals surface area contributed by atoms with Crippen LogP contribution in [0, 0.1) is 5.82 Å². The number of rotatable bonds is 3. The smallest absolute Gasteiger partial charge is 0.306 e. The maximum atomic E-state index is 13.1. The fourth-order valence-corrected chi connectivity index (χ4v) is 3.08. The van der Waals surface area contributed by atoms with Crippen LogP contribution in [0.25, 0.3) is 5.70 Å². The third kappa shape index (κ3) is 3.77. The molecule has 4 rings (SSSR count). The van der Waals surface area contributed by atoms with E-state index in [-0.39, 0.29) is 29.3 Å². The molecule has 0 bridgehead atoms. The molecule has 31 heavy (non-hydrogen) atoms. The molecule has 1 N–H and O–H groups in total. The number of amides is 2. The molecule has 0 saturated heterocycles. The highest BCUT2D eigenvalue weighted by atomic mass is 19.4. The molecule has 2 amide bonds. The summed E-state index contributed by atoms with van der Waals surface area (Å²) in [5, 5.41) is 6.46. The van der Waals surface area contributed by atoms with Crippen molar-refractivity contribution in [2.45, 2.75) is 6.18 Å². The first-order chi connectivity index (χ1) is 14.6. The molecular weight excluding hydrogens is 418 g/mol. The molecule has 3 aromatic rings. The van der Waals surface area contributed by atoms with Crippen molar-refractivity contribution >= 4 is 29.0 Å². The number of carbonyl (C=O) groups is 2. The monoisotopic (exact) mass is 431 g/mol. The first-order valence-corrected chi connectivity index (χ1v) is 8.83. The van der Waals surface area contributed by atoms with Gasteiger partial charge in [-0.3, -0.25) is 9.59 Å². The molecule has 0 atom stereocenters. The van der Waals surface area contributed by atoms with Gasteiger partial charge in [0.25, 0.3) is 11.8 Å². The van der Waals surface area contributed by atoms with Gasteiger partial charge in [-0.2, -0.15) is 18.3 Å². The molecule has 3 heterocycles. The van der Waals surface area contributed by atoms with Gasteiger partial charge in [-0.15, -0.1) is 0 Å². The third-order valence-electron chi connectivity index (χ3n) is 4.58. The van der Waals surface area contributed by atoms with Crippen LogP contribution >= 0.6 is 0 Å². The van der Waals surface area contributed by atoms with Gasteiger partial charge in [0.05, 0.1) is 35.8 Å². The van der Waals surface area contributed by atoms with Crippen molar-refractivity contribution in [2.75, 3.05) is 16.8 Å². The van der Waals surface area contributed by atoms with E-state index in [2.05, 4.69) is 22.0 Å². The second kappa shape index (κ2) is 7.35. The van der Waals surface area contributed by atoms with E-state index in [4.69, 9.17) is 0 Å². The van der Waals surface area contributed by atoms with E-state index in [0.717, 1.165) is 24.4 Å². The summed E-state index contributed by atoms with van der Waals surface area (Å²) < 4.78 is 52.7. The minimum Gasteiger partial charge on any atom is -0.306 e. The first kappa shape index (κ1) is 20.3. The fourth-order valence-electron chi connectivity index (χ4n) is 3.08. The van der Waals surface area contributed by atoms with Gasteiger partial charge in [-0.05, 0) is 36.4 Å². The molecule has 0 spiro atoms. The molecule has 0 fully saturated rings. The van der Waals surface area contributed by atoms with Crippen LogP contribution in [-0.2, 0) is 6.18 Å². The zero-order valence-corrected chi connectivity index (χ0v) is 15.7. The predicted molar refractivity (Wildman–Crippen MR) is 103 cm³/mol. The van der Waals surface area contributed by atoms with E-state index in [9.17, 15) is 27.2 Å². The van der Waals surface area contributed by atoms with Gasteiger partial charge in [-0.1, -0.05) is 6.58 Å². The van der Waals surface area contributed by atoms with Crippen LogP contribution < -0.4 is 10.2 Å². The zero-order valence-electron chi connectivity index (χ0n) is 15.7. The number of hydrogen-bond acceptors (Lipinski definition) is 4. The number of halogens is 4. The Morgan fingerprint density at radius 1 is 1.10 bits per heavy atom. The van der Waals surface area contributed by atoms with Crippen molar-refractivity contribution in [1.82, 2.24) is 14.8 Å². The van der Waals surface area contributed by atoms with Gasteiger partial charge < -0.3 is 10.2 Å². The maximum Gasteiger partial charge on any atom is 0.416 e. The molecule has 1 aromatic carbocycles. The Balaban J connectivity index is 1.64. The molecule has 7 nitrogen and oxygen atoms in total. The summed E-state index contributed by atoms with van der Waals surface area (Å²) in [6, 6.07) is 6.43. The number of anilines is 2. The first-order valence-electron chi connectivity index (χ1n) is 8.83. The molecule has 0 radical (unpaired) electrons. The molecule has 1 aliphatic heterocycles. The van der Waals surface area contributed by atoms with Crippen LogP contribution in [0.5, 0.6) is 0 Å². The highest BCUT2D eigenvalue weighted by Crippen LogP contribution is 2.32. The summed E-state index contributed by atoms with van der Waals surface area (Å²) in [5.74, 6) is -1.87. The Labute approximate surface area is 172 Å². The number of nitrogens with one attached hydrogen (secondary N) is 1. The predicted octanol–water partition coefficient (Wildman–Crippen LogP) is 3.82. The van der Waals surface area contributed by atoms with E-state index in [1.165, 1.54) is 34.0 Å². The zero-order chi connectivity index (χ0) is 22.3. The van der Waals surface area contributed by atoms with Crippen molar-refractivity contribution in [1.29, 1.82) is 0 Å². The number of hydrogen-bond donors (Lipinski definition) is 1. The number of fused-ring (bicyclic) bond motifs is 1. The Morgan fingerprint density at radius 2 is 1.81 bits per heavy atom. The number of nitrogens with zero attached hydrogens (tertiary/aromatic N) is 4. The average molecular weight is 431 g/mol.